The Morgan fingerprint density at radius 2 is 2.29 bits per heavy atom. The molecule has 0 aliphatic rings. The molecule has 0 bridgehead atoms. The fraction of sp³-hybridized carbons (Fsp3) is 0.273. The molecule has 0 aromatic heterocycles. The summed E-state index contributed by atoms with van der Waals surface area (Å²) in [6.45, 7) is 3.43. The van der Waals surface area contributed by atoms with Gasteiger partial charge in [0.15, 0.2) is 0 Å². The average Bonchev–Trinajstić information content (AvgIpc) is 2.27. The van der Waals surface area contributed by atoms with E-state index in [2.05, 4.69) is 10.5 Å². The van der Waals surface area contributed by atoms with Crippen LogP contribution in [-0.2, 0) is 9.53 Å². The van der Waals surface area contributed by atoms with E-state index < -0.39 is 11.8 Å². The minimum atomic E-state index is -0.547. The summed E-state index contributed by atoms with van der Waals surface area (Å²) in [6.07, 6.45) is 0. The van der Waals surface area contributed by atoms with E-state index in [4.69, 9.17) is 16.3 Å². The number of carbonyl (C=O) groups is 1. The number of anilines is 1. The van der Waals surface area contributed by atoms with E-state index >= 15 is 0 Å². The molecule has 1 aromatic rings. The first-order valence-corrected chi connectivity index (χ1v) is 5.35. The van der Waals surface area contributed by atoms with Gasteiger partial charge in [0, 0.05) is 5.02 Å². The molecule has 0 heterocycles. The summed E-state index contributed by atoms with van der Waals surface area (Å²) in [7, 11) is 0. The third kappa shape index (κ3) is 4.03. The number of hydrogen-bond donors (Lipinski definition) is 1. The predicted octanol–water partition coefficient (Wildman–Crippen LogP) is 2.83. The van der Waals surface area contributed by atoms with E-state index in [0.29, 0.717) is 5.02 Å². The predicted molar refractivity (Wildman–Crippen MR) is 64.8 cm³/mol. The van der Waals surface area contributed by atoms with Crippen molar-refractivity contribution in [1.29, 1.82) is 0 Å². The molecule has 92 valence electrons. The van der Waals surface area contributed by atoms with Crippen LogP contribution in [0.4, 0.5) is 10.1 Å². The number of benzene rings is 1. The van der Waals surface area contributed by atoms with Gasteiger partial charge in [-0.3, -0.25) is 5.43 Å². The minimum Gasteiger partial charge on any atom is -0.461 e. The highest BCUT2D eigenvalue weighted by Crippen LogP contribution is 2.18. The first kappa shape index (κ1) is 13.4. The van der Waals surface area contributed by atoms with Gasteiger partial charge in [0.05, 0.1) is 12.3 Å². The van der Waals surface area contributed by atoms with Crippen LogP contribution in [0.2, 0.25) is 5.02 Å². The summed E-state index contributed by atoms with van der Waals surface area (Å²) in [6, 6.07) is 4.10. The van der Waals surface area contributed by atoms with Gasteiger partial charge in [-0.15, -0.1) is 0 Å². The monoisotopic (exact) mass is 258 g/mol. The maximum atomic E-state index is 13.3. The Kier molecular flexibility index (Phi) is 4.90. The van der Waals surface area contributed by atoms with Crippen LogP contribution in [0.15, 0.2) is 23.3 Å². The summed E-state index contributed by atoms with van der Waals surface area (Å²) in [5.74, 6) is -1.09. The van der Waals surface area contributed by atoms with Gasteiger partial charge in [-0.2, -0.15) is 5.10 Å². The fourth-order valence-electron chi connectivity index (χ4n) is 1.01. The molecule has 1 N–H and O–H groups in total. The Bertz CT molecular complexity index is 449. The number of carbonyl (C=O) groups excluding carboxylic acids is 1. The Morgan fingerprint density at radius 1 is 1.59 bits per heavy atom. The maximum Gasteiger partial charge on any atom is 0.354 e. The SMILES string of the molecule is CCOC(=O)/C(C)=N\Nc1ccc(Cl)cc1F. The lowest BCUT2D eigenvalue weighted by molar-refractivity contribution is -0.135. The molecule has 17 heavy (non-hydrogen) atoms. The highest BCUT2D eigenvalue weighted by Gasteiger charge is 2.07. The standard InChI is InChI=1S/C11H12ClFN2O2/c1-3-17-11(16)7(2)14-15-10-5-4-8(12)6-9(10)13/h4-6,15H,3H2,1-2H3/b14-7-. The number of esters is 1. The van der Waals surface area contributed by atoms with Gasteiger partial charge in [0.2, 0.25) is 0 Å². The van der Waals surface area contributed by atoms with Crippen LogP contribution in [0.3, 0.4) is 0 Å². The summed E-state index contributed by atoms with van der Waals surface area (Å²) in [4.78, 5) is 11.2. The van der Waals surface area contributed by atoms with Crippen LogP contribution in [0.1, 0.15) is 13.8 Å². The van der Waals surface area contributed by atoms with E-state index in [1.807, 2.05) is 0 Å². The van der Waals surface area contributed by atoms with Gasteiger partial charge >= 0.3 is 5.97 Å². The first-order chi connectivity index (χ1) is 8.04. The van der Waals surface area contributed by atoms with Crippen LogP contribution in [0, 0.1) is 5.82 Å². The summed E-state index contributed by atoms with van der Waals surface area (Å²) < 4.78 is 18.0. The largest absolute Gasteiger partial charge is 0.461 e. The fourth-order valence-corrected chi connectivity index (χ4v) is 1.16. The zero-order valence-electron chi connectivity index (χ0n) is 9.46. The van der Waals surface area contributed by atoms with Crippen molar-refractivity contribution in [3.05, 3.63) is 29.0 Å². The lowest BCUT2D eigenvalue weighted by Gasteiger charge is -2.04. The lowest BCUT2D eigenvalue weighted by Crippen LogP contribution is -2.15. The van der Waals surface area contributed by atoms with E-state index in [0.717, 1.165) is 6.07 Å². The van der Waals surface area contributed by atoms with Crippen molar-refractivity contribution in [1.82, 2.24) is 0 Å². The van der Waals surface area contributed by atoms with Crippen molar-refractivity contribution in [3.8, 4) is 0 Å². The summed E-state index contributed by atoms with van der Waals surface area (Å²) in [5.41, 5.74) is 2.68. The van der Waals surface area contributed by atoms with Crippen LogP contribution in [0.5, 0.6) is 0 Å². The van der Waals surface area contributed by atoms with Crippen molar-refractivity contribution in [2.24, 2.45) is 5.10 Å². The molecule has 0 fully saturated rings. The highest BCUT2D eigenvalue weighted by molar-refractivity contribution is 6.35. The molecule has 0 saturated carbocycles. The molecule has 4 nitrogen and oxygen atoms in total. The van der Waals surface area contributed by atoms with Crippen LogP contribution < -0.4 is 5.43 Å². The molecule has 0 aliphatic carbocycles. The van der Waals surface area contributed by atoms with Crippen molar-refractivity contribution < 1.29 is 13.9 Å². The lowest BCUT2D eigenvalue weighted by atomic mass is 10.3. The molecule has 0 spiro atoms. The van der Waals surface area contributed by atoms with Gasteiger partial charge < -0.3 is 4.74 Å². The second-order valence-electron chi connectivity index (χ2n) is 3.15. The molecule has 6 heteroatoms. The van der Waals surface area contributed by atoms with Gasteiger partial charge in [-0.05, 0) is 32.0 Å². The van der Waals surface area contributed by atoms with Crippen LogP contribution in [-0.4, -0.2) is 18.3 Å². The molecular weight excluding hydrogens is 247 g/mol. The Morgan fingerprint density at radius 3 is 2.88 bits per heavy atom. The summed E-state index contributed by atoms with van der Waals surface area (Å²) in [5, 5.41) is 4.00. The smallest absolute Gasteiger partial charge is 0.354 e. The molecule has 0 radical (unpaired) electrons. The van der Waals surface area contributed by atoms with Gasteiger partial charge in [-0.1, -0.05) is 11.6 Å². The molecule has 0 aliphatic heterocycles. The number of hydrazone groups is 1. The van der Waals surface area contributed by atoms with E-state index in [1.165, 1.54) is 19.1 Å². The maximum absolute atomic E-state index is 13.3. The van der Waals surface area contributed by atoms with E-state index in [1.54, 1.807) is 6.92 Å². The molecule has 0 saturated heterocycles. The normalized spacial score (nSPS) is 11.2. The highest BCUT2D eigenvalue weighted by atomic mass is 35.5. The minimum absolute atomic E-state index is 0.112. The quantitative estimate of drug-likeness (QED) is 0.513. The van der Waals surface area contributed by atoms with Gasteiger partial charge in [0.1, 0.15) is 11.5 Å². The number of hydrogen-bond acceptors (Lipinski definition) is 4. The van der Waals surface area contributed by atoms with E-state index in [9.17, 15) is 9.18 Å². The number of ether oxygens (including phenoxy) is 1. The van der Waals surface area contributed by atoms with Gasteiger partial charge in [-0.25, -0.2) is 9.18 Å². The average molecular weight is 259 g/mol. The van der Waals surface area contributed by atoms with Crippen LogP contribution in [0.25, 0.3) is 0 Å². The first-order valence-electron chi connectivity index (χ1n) is 4.97. The van der Waals surface area contributed by atoms with Crippen LogP contribution >= 0.6 is 11.6 Å². The number of halogens is 2. The van der Waals surface area contributed by atoms with Crippen molar-refractivity contribution in [2.75, 3.05) is 12.0 Å². The molecule has 1 rings (SSSR count). The van der Waals surface area contributed by atoms with Crippen molar-refractivity contribution in [3.63, 3.8) is 0 Å². The third-order valence-corrected chi connectivity index (χ3v) is 2.08. The Balaban J connectivity index is 2.72. The molecule has 0 unspecified atom stereocenters. The molecular formula is C11H12ClFN2O2. The Labute approximate surface area is 103 Å². The van der Waals surface area contributed by atoms with Gasteiger partial charge in [0.25, 0.3) is 0 Å². The second kappa shape index (κ2) is 6.20. The number of nitrogens with one attached hydrogen (secondary N) is 1. The topological polar surface area (TPSA) is 50.7 Å². The number of nitrogens with zero attached hydrogens (tertiary/aromatic N) is 1. The van der Waals surface area contributed by atoms with Crippen molar-refractivity contribution in [2.45, 2.75) is 13.8 Å². The zero-order valence-corrected chi connectivity index (χ0v) is 10.2. The van der Waals surface area contributed by atoms with E-state index in [-0.39, 0.29) is 18.0 Å². The molecule has 1 aromatic carbocycles. The second-order valence-corrected chi connectivity index (χ2v) is 3.59. The molecule has 0 amide bonds. The third-order valence-electron chi connectivity index (χ3n) is 1.85. The molecule has 0 atom stereocenters. The Hall–Kier alpha value is -1.62. The zero-order chi connectivity index (χ0) is 12.8. The number of rotatable bonds is 4. The van der Waals surface area contributed by atoms with Crippen molar-refractivity contribution >= 4 is 29.0 Å². The summed E-state index contributed by atoms with van der Waals surface area (Å²) >= 11 is 5.59.